The molecule has 4 nitrogen and oxygen atoms in total. The number of ketones is 1. The van der Waals surface area contributed by atoms with Crippen LogP contribution in [0, 0.1) is 28.6 Å². The van der Waals surface area contributed by atoms with Crippen molar-refractivity contribution in [3.63, 3.8) is 0 Å². The highest BCUT2D eigenvalue weighted by molar-refractivity contribution is 5.87. The molecular weight excluding hydrogens is 292 g/mol. The van der Waals surface area contributed by atoms with Crippen molar-refractivity contribution in [1.82, 2.24) is 0 Å². The van der Waals surface area contributed by atoms with Gasteiger partial charge in [0.2, 0.25) is 0 Å². The molecule has 23 heavy (non-hydrogen) atoms. The van der Waals surface area contributed by atoms with Crippen LogP contribution in [0.4, 0.5) is 0 Å². The zero-order valence-corrected chi connectivity index (χ0v) is 14.0. The van der Waals surface area contributed by atoms with E-state index >= 15 is 0 Å². The third-order valence-electron chi connectivity index (χ3n) is 7.75. The molecule has 0 heterocycles. The summed E-state index contributed by atoms with van der Waals surface area (Å²) < 4.78 is 0. The first-order chi connectivity index (χ1) is 10.8. The fourth-order valence-electron chi connectivity index (χ4n) is 6.52. The van der Waals surface area contributed by atoms with E-state index < -0.39 is 17.6 Å². The maximum absolute atomic E-state index is 12.4. The Kier molecular flexibility index (Phi) is 3.37. The number of carbonyl (C=O) groups excluding carboxylic acids is 1. The van der Waals surface area contributed by atoms with Crippen LogP contribution in [0.15, 0.2) is 11.6 Å². The number of hydrogen-bond acceptors (Lipinski definition) is 4. The molecule has 3 fully saturated rings. The van der Waals surface area contributed by atoms with Crippen LogP contribution in [0.3, 0.4) is 0 Å². The van der Waals surface area contributed by atoms with Gasteiger partial charge in [-0.15, -0.1) is 0 Å². The maximum atomic E-state index is 12.4. The first-order valence-electron chi connectivity index (χ1n) is 9.06. The predicted molar refractivity (Wildman–Crippen MR) is 85.5 cm³/mol. The van der Waals surface area contributed by atoms with Gasteiger partial charge in [0, 0.05) is 11.8 Å². The van der Waals surface area contributed by atoms with Crippen LogP contribution in [0.5, 0.6) is 0 Å². The summed E-state index contributed by atoms with van der Waals surface area (Å²) >= 11 is 0. The van der Waals surface area contributed by atoms with Gasteiger partial charge in [-0.1, -0.05) is 25.5 Å². The smallest absolute Gasteiger partial charge is 0.139 e. The van der Waals surface area contributed by atoms with E-state index in [0.29, 0.717) is 19.3 Å². The summed E-state index contributed by atoms with van der Waals surface area (Å²) in [4.78, 5) is 12.4. The van der Waals surface area contributed by atoms with Crippen LogP contribution < -0.4 is 0 Å². The predicted octanol–water partition coefficient (Wildman–Crippen LogP) is 1.82. The SMILES string of the molecule is C[C@]12CC[C@@H](O)CC1=CC(O)C1C2C(O)C[C@]2(C)C(=O)CCC12. The van der Waals surface area contributed by atoms with E-state index in [2.05, 4.69) is 6.92 Å². The number of rotatable bonds is 0. The Bertz CT molecular complexity index is 570. The van der Waals surface area contributed by atoms with Crippen LogP contribution >= 0.6 is 0 Å². The maximum Gasteiger partial charge on any atom is 0.139 e. The molecule has 5 unspecified atom stereocenters. The third kappa shape index (κ3) is 1.98. The van der Waals surface area contributed by atoms with Gasteiger partial charge < -0.3 is 15.3 Å². The van der Waals surface area contributed by atoms with Crippen molar-refractivity contribution in [2.75, 3.05) is 0 Å². The van der Waals surface area contributed by atoms with Gasteiger partial charge in [-0.05, 0) is 55.3 Å². The number of aliphatic hydroxyl groups is 3. The van der Waals surface area contributed by atoms with Gasteiger partial charge in [0.15, 0.2) is 0 Å². The van der Waals surface area contributed by atoms with E-state index in [1.807, 2.05) is 13.0 Å². The summed E-state index contributed by atoms with van der Waals surface area (Å²) in [5, 5.41) is 31.8. The molecule has 0 aromatic carbocycles. The van der Waals surface area contributed by atoms with Gasteiger partial charge in [0.1, 0.15) is 5.78 Å². The summed E-state index contributed by atoms with van der Waals surface area (Å²) in [5.41, 5.74) is 0.476. The lowest BCUT2D eigenvalue weighted by Gasteiger charge is -2.59. The Morgan fingerprint density at radius 1 is 1.13 bits per heavy atom. The summed E-state index contributed by atoms with van der Waals surface area (Å²) in [7, 11) is 0. The Labute approximate surface area is 137 Å². The van der Waals surface area contributed by atoms with Crippen LogP contribution in [0.2, 0.25) is 0 Å². The number of aliphatic hydroxyl groups excluding tert-OH is 3. The molecular formula is C19H28O4. The quantitative estimate of drug-likeness (QED) is 0.595. The molecule has 0 aliphatic heterocycles. The van der Waals surface area contributed by atoms with Gasteiger partial charge >= 0.3 is 0 Å². The van der Waals surface area contributed by atoms with Crippen molar-refractivity contribution in [2.24, 2.45) is 28.6 Å². The van der Waals surface area contributed by atoms with Gasteiger partial charge in [-0.2, -0.15) is 0 Å². The Hall–Kier alpha value is -0.710. The second-order valence-corrected chi connectivity index (χ2v) is 8.86. The second kappa shape index (κ2) is 4.90. The average molecular weight is 320 g/mol. The summed E-state index contributed by atoms with van der Waals surface area (Å²) in [6, 6.07) is 0. The first-order valence-corrected chi connectivity index (χ1v) is 9.06. The standard InChI is InChI=1S/C19H28O4/c1-18-6-5-11(20)7-10(18)8-13(21)16-12-3-4-15(23)19(12,2)9-14(22)17(16)18/h8,11-14,16-17,20-22H,3-7,9H2,1-2H3/t11-,12?,13?,14?,16?,17?,18+,19+/m1/s1. The van der Waals surface area contributed by atoms with Crippen LogP contribution in [0.1, 0.15) is 52.4 Å². The fraction of sp³-hybridized carbons (Fsp3) is 0.842. The lowest BCUT2D eigenvalue weighted by Crippen LogP contribution is -2.59. The number of hydrogen-bond donors (Lipinski definition) is 3. The molecule has 4 rings (SSSR count). The van der Waals surface area contributed by atoms with Crippen molar-refractivity contribution in [2.45, 2.75) is 70.7 Å². The fourth-order valence-corrected chi connectivity index (χ4v) is 6.52. The van der Waals surface area contributed by atoms with Crippen molar-refractivity contribution in [1.29, 1.82) is 0 Å². The van der Waals surface area contributed by atoms with Gasteiger partial charge in [0.25, 0.3) is 0 Å². The van der Waals surface area contributed by atoms with E-state index in [9.17, 15) is 20.1 Å². The van der Waals surface area contributed by atoms with Crippen molar-refractivity contribution < 1.29 is 20.1 Å². The second-order valence-electron chi connectivity index (χ2n) is 8.86. The number of carbonyl (C=O) groups is 1. The lowest BCUT2D eigenvalue weighted by molar-refractivity contribution is -0.157. The minimum Gasteiger partial charge on any atom is -0.393 e. The Morgan fingerprint density at radius 3 is 2.61 bits per heavy atom. The Morgan fingerprint density at radius 2 is 1.87 bits per heavy atom. The highest BCUT2D eigenvalue weighted by atomic mass is 16.3. The van der Waals surface area contributed by atoms with Crippen LogP contribution in [-0.2, 0) is 4.79 Å². The molecule has 0 radical (unpaired) electrons. The molecule has 0 saturated heterocycles. The van der Waals surface area contributed by atoms with Crippen molar-refractivity contribution >= 4 is 5.78 Å². The van der Waals surface area contributed by atoms with Gasteiger partial charge in [-0.3, -0.25) is 4.79 Å². The van der Waals surface area contributed by atoms with E-state index in [1.165, 1.54) is 0 Å². The lowest BCUT2D eigenvalue weighted by atomic mass is 9.46. The number of Topliss-reactive ketones (excluding diaryl/α,β-unsaturated/α-hetero) is 1. The summed E-state index contributed by atoms with van der Waals surface area (Å²) in [6.45, 7) is 4.18. The molecule has 0 spiro atoms. The summed E-state index contributed by atoms with van der Waals surface area (Å²) in [6.07, 6.45) is 4.57. The highest BCUT2D eigenvalue weighted by Crippen LogP contribution is 2.63. The molecule has 128 valence electrons. The van der Waals surface area contributed by atoms with E-state index in [1.54, 1.807) is 0 Å². The van der Waals surface area contributed by atoms with E-state index in [-0.39, 0.29) is 35.1 Å². The number of fused-ring (bicyclic) bond motifs is 5. The molecule has 0 bridgehead atoms. The van der Waals surface area contributed by atoms with Gasteiger partial charge in [0.05, 0.1) is 18.3 Å². The van der Waals surface area contributed by atoms with E-state index in [4.69, 9.17) is 0 Å². The molecule has 4 aliphatic carbocycles. The molecule has 0 amide bonds. The zero-order valence-electron chi connectivity index (χ0n) is 14.0. The first kappa shape index (κ1) is 15.8. The molecule has 8 atom stereocenters. The Balaban J connectivity index is 1.79. The molecule has 0 aromatic heterocycles. The molecule has 3 N–H and O–H groups in total. The van der Waals surface area contributed by atoms with Crippen LogP contribution in [0.25, 0.3) is 0 Å². The zero-order chi connectivity index (χ0) is 16.6. The highest BCUT2D eigenvalue weighted by Gasteiger charge is 2.63. The minimum absolute atomic E-state index is 0.00558. The molecule has 3 saturated carbocycles. The van der Waals surface area contributed by atoms with Crippen LogP contribution in [-0.4, -0.2) is 39.4 Å². The molecule has 4 heteroatoms. The molecule has 0 aromatic rings. The normalized spacial score (nSPS) is 55.7. The average Bonchev–Trinajstić information content (AvgIpc) is 2.76. The monoisotopic (exact) mass is 320 g/mol. The minimum atomic E-state index is -0.612. The van der Waals surface area contributed by atoms with Gasteiger partial charge in [-0.25, -0.2) is 0 Å². The summed E-state index contributed by atoms with van der Waals surface area (Å²) in [5.74, 6) is 0.374. The van der Waals surface area contributed by atoms with E-state index in [0.717, 1.165) is 24.8 Å². The largest absolute Gasteiger partial charge is 0.393 e. The van der Waals surface area contributed by atoms with Crippen molar-refractivity contribution in [3.05, 3.63) is 11.6 Å². The molecule has 4 aliphatic rings. The van der Waals surface area contributed by atoms with Crippen molar-refractivity contribution in [3.8, 4) is 0 Å². The third-order valence-corrected chi connectivity index (χ3v) is 7.75. The topological polar surface area (TPSA) is 77.8 Å².